The van der Waals surface area contributed by atoms with Crippen molar-refractivity contribution in [1.82, 2.24) is 0 Å². The number of benzene rings is 1. The number of hydrogen-bond donors (Lipinski definition) is 0. The van der Waals surface area contributed by atoms with E-state index in [1.54, 1.807) is 6.07 Å². The highest BCUT2D eigenvalue weighted by atomic mass is 19.3. The van der Waals surface area contributed by atoms with Crippen LogP contribution >= 0.6 is 0 Å². The van der Waals surface area contributed by atoms with E-state index in [-0.39, 0.29) is 12.0 Å². The van der Waals surface area contributed by atoms with E-state index >= 15 is 0 Å². The molecule has 0 fully saturated rings. The Hall–Kier alpha value is -1.63. The summed E-state index contributed by atoms with van der Waals surface area (Å²) in [5.74, 6) is -2.37. The Morgan fingerprint density at radius 2 is 1.94 bits per heavy atom. The van der Waals surface area contributed by atoms with Gasteiger partial charge in [-0.25, -0.2) is 8.78 Å². The monoisotopic (exact) mass is 225 g/mol. The molecule has 0 radical (unpaired) electrons. The molecule has 0 amide bonds. The van der Waals surface area contributed by atoms with Gasteiger partial charge in [0.05, 0.1) is 12.7 Å². The van der Waals surface area contributed by atoms with Crippen LogP contribution in [-0.4, -0.2) is 6.61 Å². The molecule has 4 heteroatoms. The van der Waals surface area contributed by atoms with E-state index in [2.05, 4.69) is 0 Å². The second-order valence-corrected chi connectivity index (χ2v) is 3.32. The molecule has 0 saturated heterocycles. The van der Waals surface area contributed by atoms with Crippen molar-refractivity contribution in [2.45, 2.75) is 25.7 Å². The Morgan fingerprint density at radius 1 is 1.31 bits per heavy atom. The Balaban J connectivity index is 2.76. The van der Waals surface area contributed by atoms with Crippen LogP contribution in [0.1, 0.15) is 25.3 Å². The van der Waals surface area contributed by atoms with Crippen molar-refractivity contribution in [3.63, 3.8) is 0 Å². The molecular weight excluding hydrogens is 212 g/mol. The molecule has 0 atom stereocenters. The molecule has 0 heterocycles. The summed E-state index contributed by atoms with van der Waals surface area (Å²) in [5.41, 5.74) is -0.0776. The average Bonchev–Trinajstić information content (AvgIpc) is 2.28. The third kappa shape index (κ3) is 3.20. The normalized spacial score (nSPS) is 10.9. The summed E-state index contributed by atoms with van der Waals surface area (Å²) < 4.78 is 32.1. The number of hydrogen-bond acceptors (Lipinski definition) is 2. The summed E-state index contributed by atoms with van der Waals surface area (Å²) >= 11 is 0. The van der Waals surface area contributed by atoms with Crippen molar-refractivity contribution >= 4 is 0 Å². The van der Waals surface area contributed by atoms with Gasteiger partial charge >= 0.3 is 0 Å². The fourth-order valence-corrected chi connectivity index (χ4v) is 1.32. The first-order valence-electron chi connectivity index (χ1n) is 5.08. The van der Waals surface area contributed by atoms with Crippen molar-refractivity contribution < 1.29 is 13.5 Å². The second-order valence-electron chi connectivity index (χ2n) is 3.32. The first kappa shape index (κ1) is 12.4. The largest absolute Gasteiger partial charge is 0.494 e. The minimum atomic E-state index is -2.94. The van der Waals surface area contributed by atoms with Gasteiger partial charge in [0.1, 0.15) is 5.75 Å². The van der Waals surface area contributed by atoms with Crippen LogP contribution < -0.4 is 4.74 Å². The lowest BCUT2D eigenvalue weighted by Gasteiger charge is -2.15. The third-order valence-corrected chi connectivity index (χ3v) is 2.14. The van der Waals surface area contributed by atoms with Crippen molar-refractivity contribution in [1.29, 1.82) is 5.26 Å². The summed E-state index contributed by atoms with van der Waals surface area (Å²) in [6.07, 6.45) is -0.600. The van der Waals surface area contributed by atoms with Gasteiger partial charge in [-0.1, -0.05) is 0 Å². The number of ether oxygens (including phenoxy) is 1. The van der Waals surface area contributed by atoms with Crippen molar-refractivity contribution in [2.24, 2.45) is 0 Å². The smallest absolute Gasteiger partial charge is 0.274 e. The maximum atomic E-state index is 13.5. The molecule has 0 saturated carbocycles. The molecule has 86 valence electrons. The molecule has 0 aromatic heterocycles. The lowest BCUT2D eigenvalue weighted by atomic mass is 10.0. The standard InChI is InChI=1S/C12H13F2NO/c1-2-16-11-6-4-10(5-7-11)12(13,14)8-3-9-15/h4-7H,2-3,8H2,1H3. The number of nitrogens with zero attached hydrogens (tertiary/aromatic N) is 1. The van der Waals surface area contributed by atoms with Crippen LogP contribution in [0.15, 0.2) is 24.3 Å². The van der Waals surface area contributed by atoms with E-state index in [4.69, 9.17) is 10.00 Å². The highest BCUT2D eigenvalue weighted by molar-refractivity contribution is 5.29. The van der Waals surface area contributed by atoms with Gasteiger partial charge in [-0.2, -0.15) is 5.26 Å². The SMILES string of the molecule is CCOc1ccc(C(F)(F)CCC#N)cc1. The summed E-state index contributed by atoms with van der Waals surface area (Å²) in [5, 5.41) is 8.29. The summed E-state index contributed by atoms with van der Waals surface area (Å²) in [7, 11) is 0. The minimum absolute atomic E-state index is 0.0776. The quantitative estimate of drug-likeness (QED) is 0.768. The molecule has 0 unspecified atom stereocenters. The molecule has 1 aromatic carbocycles. The molecule has 0 aliphatic heterocycles. The molecule has 0 N–H and O–H groups in total. The fraction of sp³-hybridized carbons (Fsp3) is 0.417. The molecule has 0 bridgehead atoms. The van der Waals surface area contributed by atoms with Gasteiger partial charge in [0.25, 0.3) is 5.92 Å². The predicted molar refractivity (Wildman–Crippen MR) is 56.4 cm³/mol. The van der Waals surface area contributed by atoms with Gasteiger partial charge in [0.2, 0.25) is 0 Å². The zero-order valence-corrected chi connectivity index (χ0v) is 9.04. The average molecular weight is 225 g/mol. The van der Waals surface area contributed by atoms with Crippen LogP contribution in [0.3, 0.4) is 0 Å². The second kappa shape index (κ2) is 5.45. The Bertz CT molecular complexity index is 368. The van der Waals surface area contributed by atoms with E-state index in [1.807, 2.05) is 6.92 Å². The van der Waals surface area contributed by atoms with E-state index in [0.717, 1.165) is 0 Å². The van der Waals surface area contributed by atoms with Crippen LogP contribution in [-0.2, 0) is 5.92 Å². The lowest BCUT2D eigenvalue weighted by molar-refractivity contribution is -0.0119. The molecule has 16 heavy (non-hydrogen) atoms. The molecule has 0 aliphatic rings. The van der Waals surface area contributed by atoms with Gasteiger partial charge in [-0.05, 0) is 31.2 Å². The van der Waals surface area contributed by atoms with Crippen LogP contribution in [0.25, 0.3) is 0 Å². The van der Waals surface area contributed by atoms with E-state index in [0.29, 0.717) is 12.4 Å². The van der Waals surface area contributed by atoms with Crippen molar-refractivity contribution in [3.8, 4) is 11.8 Å². The van der Waals surface area contributed by atoms with E-state index in [9.17, 15) is 8.78 Å². The maximum Gasteiger partial charge on any atom is 0.274 e. The topological polar surface area (TPSA) is 33.0 Å². The van der Waals surface area contributed by atoms with Crippen molar-refractivity contribution in [2.75, 3.05) is 6.61 Å². The minimum Gasteiger partial charge on any atom is -0.494 e. The number of rotatable bonds is 5. The summed E-state index contributed by atoms with van der Waals surface area (Å²) in [4.78, 5) is 0. The van der Waals surface area contributed by atoms with Crippen LogP contribution in [0, 0.1) is 11.3 Å². The van der Waals surface area contributed by atoms with Crippen LogP contribution in [0.2, 0.25) is 0 Å². The number of alkyl halides is 2. The molecule has 1 aromatic rings. The fourth-order valence-electron chi connectivity index (χ4n) is 1.32. The van der Waals surface area contributed by atoms with Gasteiger partial charge in [-0.3, -0.25) is 0 Å². The maximum absolute atomic E-state index is 13.5. The van der Waals surface area contributed by atoms with Crippen molar-refractivity contribution in [3.05, 3.63) is 29.8 Å². The molecular formula is C12H13F2NO. The Labute approximate surface area is 93.5 Å². The van der Waals surface area contributed by atoms with Gasteiger partial charge < -0.3 is 4.74 Å². The molecule has 0 aliphatic carbocycles. The van der Waals surface area contributed by atoms with E-state index < -0.39 is 12.3 Å². The zero-order chi connectivity index (χ0) is 12.0. The van der Waals surface area contributed by atoms with Crippen LogP contribution in [0.4, 0.5) is 8.78 Å². The van der Waals surface area contributed by atoms with E-state index in [1.165, 1.54) is 24.3 Å². The highest BCUT2D eigenvalue weighted by Crippen LogP contribution is 2.33. The lowest BCUT2D eigenvalue weighted by Crippen LogP contribution is -2.12. The predicted octanol–water partition coefficient (Wildman–Crippen LogP) is 3.48. The van der Waals surface area contributed by atoms with Gasteiger partial charge in [0.15, 0.2) is 0 Å². The summed E-state index contributed by atoms with van der Waals surface area (Å²) in [6, 6.07) is 7.42. The molecule has 2 nitrogen and oxygen atoms in total. The van der Waals surface area contributed by atoms with Gasteiger partial charge in [0, 0.05) is 18.4 Å². The summed E-state index contributed by atoms with van der Waals surface area (Å²) in [6.45, 7) is 2.33. The number of halogens is 2. The van der Waals surface area contributed by atoms with Crippen LogP contribution in [0.5, 0.6) is 5.75 Å². The first-order valence-corrected chi connectivity index (χ1v) is 5.08. The highest BCUT2D eigenvalue weighted by Gasteiger charge is 2.30. The molecule has 0 spiro atoms. The van der Waals surface area contributed by atoms with Gasteiger partial charge in [-0.15, -0.1) is 0 Å². The third-order valence-electron chi connectivity index (χ3n) is 2.14. The Kier molecular flexibility index (Phi) is 4.24. The molecule has 1 rings (SSSR count). The Morgan fingerprint density at radius 3 is 2.44 bits per heavy atom. The number of nitriles is 1. The first-order chi connectivity index (χ1) is 7.60. The zero-order valence-electron chi connectivity index (χ0n) is 9.04.